The molecular formula is C9H4BrClFN3O. The van der Waals surface area contributed by atoms with Crippen LogP contribution in [0.25, 0.3) is 0 Å². The summed E-state index contributed by atoms with van der Waals surface area (Å²) in [5, 5.41) is 5.75. The maximum absolute atomic E-state index is 13.7. The highest BCUT2D eigenvalue weighted by atomic mass is 79.9. The van der Waals surface area contributed by atoms with Crippen LogP contribution in [-0.2, 0) is 0 Å². The number of halogens is 3. The molecule has 0 bridgehead atoms. The lowest BCUT2D eigenvalue weighted by Crippen LogP contribution is -2.07. The number of ketones is 1. The normalized spacial score (nSPS) is 10.4. The van der Waals surface area contributed by atoms with Gasteiger partial charge in [-0.2, -0.15) is 5.10 Å². The predicted molar refractivity (Wildman–Crippen MR) is 58.9 cm³/mol. The van der Waals surface area contributed by atoms with Crippen molar-refractivity contribution in [3.63, 3.8) is 0 Å². The summed E-state index contributed by atoms with van der Waals surface area (Å²) in [6, 6.07) is 2.82. The second-order valence-corrected chi connectivity index (χ2v) is 4.12. The first-order valence-electron chi connectivity index (χ1n) is 4.15. The summed E-state index contributed by atoms with van der Waals surface area (Å²) >= 11 is 8.73. The Balaban J connectivity index is 2.50. The van der Waals surface area contributed by atoms with Gasteiger partial charge < -0.3 is 0 Å². The third-order valence-corrected chi connectivity index (χ3v) is 3.17. The number of H-pyrrole nitrogens is 1. The Labute approximate surface area is 103 Å². The summed E-state index contributed by atoms with van der Waals surface area (Å²) in [5.41, 5.74) is -0.148. The van der Waals surface area contributed by atoms with Gasteiger partial charge in [0, 0.05) is 4.47 Å². The van der Waals surface area contributed by atoms with E-state index in [0.29, 0.717) is 4.47 Å². The first-order chi connectivity index (χ1) is 7.61. The van der Waals surface area contributed by atoms with E-state index in [0.717, 1.165) is 0 Å². The van der Waals surface area contributed by atoms with Crippen LogP contribution in [0.15, 0.2) is 22.9 Å². The standard InChI is InChI=1S/C9H4BrClFN3O/c10-5-2-1-4(7(12)6(5)11)8(16)9-13-3-14-15-9/h1-3H,(H,13,14,15). The van der Waals surface area contributed by atoms with Crippen molar-refractivity contribution in [1.82, 2.24) is 15.2 Å². The molecule has 2 rings (SSSR count). The Hall–Kier alpha value is -1.27. The van der Waals surface area contributed by atoms with Crippen LogP contribution in [0.1, 0.15) is 16.2 Å². The molecule has 0 saturated carbocycles. The van der Waals surface area contributed by atoms with Crippen molar-refractivity contribution in [3.8, 4) is 0 Å². The highest BCUT2D eigenvalue weighted by molar-refractivity contribution is 9.10. The van der Waals surface area contributed by atoms with Gasteiger partial charge in [-0.25, -0.2) is 9.37 Å². The molecular weight excluding hydrogens is 300 g/mol. The summed E-state index contributed by atoms with van der Waals surface area (Å²) in [7, 11) is 0. The second kappa shape index (κ2) is 4.31. The number of carbonyl (C=O) groups excluding carboxylic acids is 1. The highest BCUT2D eigenvalue weighted by Crippen LogP contribution is 2.28. The molecule has 0 amide bonds. The first kappa shape index (κ1) is 11.2. The molecule has 16 heavy (non-hydrogen) atoms. The highest BCUT2D eigenvalue weighted by Gasteiger charge is 2.19. The van der Waals surface area contributed by atoms with E-state index in [4.69, 9.17) is 11.6 Å². The lowest BCUT2D eigenvalue weighted by atomic mass is 10.1. The lowest BCUT2D eigenvalue weighted by molar-refractivity contribution is 0.102. The number of aromatic nitrogens is 3. The maximum Gasteiger partial charge on any atom is 0.232 e. The van der Waals surface area contributed by atoms with Gasteiger partial charge in [0.15, 0.2) is 11.6 Å². The number of benzene rings is 1. The van der Waals surface area contributed by atoms with E-state index < -0.39 is 11.6 Å². The molecule has 1 N–H and O–H groups in total. The SMILES string of the molecule is O=C(c1ncn[nH]1)c1ccc(Br)c(Cl)c1F. The van der Waals surface area contributed by atoms with Crippen molar-refractivity contribution in [2.24, 2.45) is 0 Å². The van der Waals surface area contributed by atoms with Crippen molar-refractivity contribution in [2.45, 2.75) is 0 Å². The molecule has 82 valence electrons. The smallest absolute Gasteiger partial charge is 0.232 e. The molecule has 0 atom stereocenters. The molecule has 1 aromatic carbocycles. The van der Waals surface area contributed by atoms with E-state index in [1.165, 1.54) is 18.5 Å². The van der Waals surface area contributed by atoms with Crippen molar-refractivity contribution < 1.29 is 9.18 Å². The number of aromatic amines is 1. The summed E-state index contributed by atoms with van der Waals surface area (Å²) in [6.45, 7) is 0. The average Bonchev–Trinajstić information content (AvgIpc) is 2.79. The quantitative estimate of drug-likeness (QED) is 0.685. The summed E-state index contributed by atoms with van der Waals surface area (Å²) in [5.74, 6) is -1.40. The van der Waals surface area contributed by atoms with E-state index in [9.17, 15) is 9.18 Å². The van der Waals surface area contributed by atoms with Crippen molar-refractivity contribution >= 4 is 33.3 Å². The molecule has 1 aromatic heterocycles. The number of hydrogen-bond donors (Lipinski definition) is 1. The molecule has 0 radical (unpaired) electrons. The van der Waals surface area contributed by atoms with Gasteiger partial charge >= 0.3 is 0 Å². The molecule has 1 heterocycles. The third-order valence-electron chi connectivity index (χ3n) is 1.91. The molecule has 0 spiro atoms. The zero-order chi connectivity index (χ0) is 11.7. The zero-order valence-corrected chi connectivity index (χ0v) is 10.0. The Morgan fingerprint density at radius 2 is 2.25 bits per heavy atom. The van der Waals surface area contributed by atoms with Crippen molar-refractivity contribution in [3.05, 3.63) is 45.2 Å². The van der Waals surface area contributed by atoms with E-state index in [2.05, 4.69) is 31.1 Å². The van der Waals surface area contributed by atoms with E-state index in [1.807, 2.05) is 0 Å². The Morgan fingerprint density at radius 3 is 2.88 bits per heavy atom. The van der Waals surface area contributed by atoms with Gasteiger partial charge in [-0.3, -0.25) is 9.89 Å². The topological polar surface area (TPSA) is 58.6 Å². The van der Waals surface area contributed by atoms with Gasteiger partial charge in [-0.05, 0) is 28.1 Å². The van der Waals surface area contributed by atoms with E-state index in [1.54, 1.807) is 0 Å². The summed E-state index contributed by atoms with van der Waals surface area (Å²) < 4.78 is 14.0. The third kappa shape index (κ3) is 1.85. The molecule has 2 aromatic rings. The van der Waals surface area contributed by atoms with Crippen LogP contribution in [0.4, 0.5) is 4.39 Å². The minimum Gasteiger partial charge on any atom is -0.285 e. The number of nitrogens with one attached hydrogen (secondary N) is 1. The first-order valence-corrected chi connectivity index (χ1v) is 5.32. The largest absolute Gasteiger partial charge is 0.285 e. The Kier molecular flexibility index (Phi) is 3.02. The Bertz CT molecular complexity index is 544. The molecule has 0 unspecified atom stereocenters. The minimum absolute atomic E-state index is 0.0303. The van der Waals surface area contributed by atoms with Crippen LogP contribution < -0.4 is 0 Å². The van der Waals surface area contributed by atoms with Gasteiger partial charge in [-0.1, -0.05) is 11.6 Å². The molecule has 0 fully saturated rings. The number of nitrogens with zero attached hydrogens (tertiary/aromatic N) is 2. The summed E-state index contributed by atoms with van der Waals surface area (Å²) in [6.07, 6.45) is 1.17. The predicted octanol–water partition coefficient (Wildman–Crippen LogP) is 2.59. The van der Waals surface area contributed by atoms with Gasteiger partial charge in [0.1, 0.15) is 6.33 Å². The van der Waals surface area contributed by atoms with Crippen LogP contribution in [-0.4, -0.2) is 21.0 Å². The van der Waals surface area contributed by atoms with Gasteiger partial charge in [-0.15, -0.1) is 0 Å². The molecule has 7 heteroatoms. The van der Waals surface area contributed by atoms with Crippen LogP contribution in [0.3, 0.4) is 0 Å². The van der Waals surface area contributed by atoms with Crippen LogP contribution in [0, 0.1) is 5.82 Å². The number of rotatable bonds is 2. The number of carbonyl (C=O) groups is 1. The van der Waals surface area contributed by atoms with Crippen LogP contribution in [0.5, 0.6) is 0 Å². The fourth-order valence-electron chi connectivity index (χ4n) is 1.14. The summed E-state index contributed by atoms with van der Waals surface area (Å²) in [4.78, 5) is 15.4. The molecule has 0 aliphatic carbocycles. The van der Waals surface area contributed by atoms with E-state index in [-0.39, 0.29) is 16.4 Å². The van der Waals surface area contributed by atoms with Gasteiger partial charge in [0.2, 0.25) is 5.78 Å². The lowest BCUT2D eigenvalue weighted by Gasteiger charge is -2.03. The monoisotopic (exact) mass is 303 g/mol. The molecule has 0 saturated heterocycles. The number of hydrogen-bond acceptors (Lipinski definition) is 3. The molecule has 0 aliphatic heterocycles. The maximum atomic E-state index is 13.7. The van der Waals surface area contributed by atoms with E-state index >= 15 is 0 Å². The minimum atomic E-state index is -0.780. The average molecular weight is 305 g/mol. The fourth-order valence-corrected chi connectivity index (χ4v) is 1.61. The Morgan fingerprint density at radius 1 is 1.50 bits per heavy atom. The zero-order valence-electron chi connectivity index (χ0n) is 7.67. The van der Waals surface area contributed by atoms with Crippen LogP contribution in [0.2, 0.25) is 5.02 Å². The van der Waals surface area contributed by atoms with Gasteiger partial charge in [0.25, 0.3) is 0 Å². The van der Waals surface area contributed by atoms with Crippen molar-refractivity contribution in [2.75, 3.05) is 0 Å². The van der Waals surface area contributed by atoms with Gasteiger partial charge in [0.05, 0.1) is 10.6 Å². The second-order valence-electron chi connectivity index (χ2n) is 2.89. The van der Waals surface area contributed by atoms with Crippen LogP contribution >= 0.6 is 27.5 Å². The molecule has 4 nitrogen and oxygen atoms in total. The molecule has 0 aliphatic rings. The fraction of sp³-hybridized carbons (Fsp3) is 0. The van der Waals surface area contributed by atoms with Crippen molar-refractivity contribution in [1.29, 1.82) is 0 Å².